The second-order valence-electron chi connectivity index (χ2n) is 6.53. The Morgan fingerprint density at radius 3 is 2.29 bits per heavy atom. The summed E-state index contributed by atoms with van der Waals surface area (Å²) in [7, 11) is 0. The van der Waals surface area contributed by atoms with E-state index in [4.69, 9.17) is 11.6 Å². The number of aliphatic carboxylic acids is 1. The number of carboxylic acids is 1. The summed E-state index contributed by atoms with van der Waals surface area (Å²) in [4.78, 5) is 37.3. The Hall–Kier alpha value is -3.12. The molecule has 2 aromatic rings. The molecule has 0 unspecified atom stereocenters. The fraction of sp³-hybridized carbons (Fsp3) is 0.190. The van der Waals surface area contributed by atoms with E-state index in [9.17, 15) is 24.6 Å². The number of carbonyl (C=O) groups is 3. The highest BCUT2D eigenvalue weighted by Gasteiger charge is 2.45. The van der Waals surface area contributed by atoms with E-state index in [0.29, 0.717) is 16.1 Å². The minimum absolute atomic E-state index is 0.0884. The van der Waals surface area contributed by atoms with Crippen LogP contribution in [0.1, 0.15) is 29.2 Å². The third-order valence-corrected chi connectivity index (χ3v) is 4.86. The molecule has 1 atom stereocenters. The number of nitrogens with zero attached hydrogens (tertiary/aromatic N) is 1. The van der Waals surface area contributed by atoms with Crippen LogP contribution in [-0.2, 0) is 14.4 Å². The van der Waals surface area contributed by atoms with Crippen LogP contribution >= 0.6 is 11.6 Å². The molecule has 0 saturated carbocycles. The van der Waals surface area contributed by atoms with Crippen molar-refractivity contribution in [3.05, 3.63) is 75.8 Å². The van der Waals surface area contributed by atoms with Crippen molar-refractivity contribution in [2.45, 2.75) is 19.4 Å². The summed E-state index contributed by atoms with van der Waals surface area (Å²) in [5, 5.41) is 22.2. The summed E-state index contributed by atoms with van der Waals surface area (Å²) in [6, 6.07) is 12.4. The first-order valence-corrected chi connectivity index (χ1v) is 8.98. The number of halogens is 1. The molecular formula is C21H17ClNO5-. The average Bonchev–Trinajstić information content (AvgIpc) is 2.91. The van der Waals surface area contributed by atoms with E-state index < -0.39 is 30.1 Å². The number of carboxylic acid groups (broad SMARTS) is 1. The number of amides is 1. The molecule has 0 aromatic heterocycles. The van der Waals surface area contributed by atoms with Crippen molar-refractivity contribution < 1.29 is 24.6 Å². The number of likely N-dealkylation sites (tertiary alicyclic amines) is 1. The molecule has 1 heterocycles. The summed E-state index contributed by atoms with van der Waals surface area (Å²) in [6.07, 6.45) is -0.429. The predicted molar refractivity (Wildman–Crippen MR) is 101 cm³/mol. The number of carbonyl (C=O) groups excluding carboxylic acids is 3. The molecule has 2 aromatic carbocycles. The van der Waals surface area contributed by atoms with Crippen molar-refractivity contribution >= 4 is 35.0 Å². The first-order chi connectivity index (χ1) is 13.3. The van der Waals surface area contributed by atoms with E-state index in [2.05, 4.69) is 0 Å². The van der Waals surface area contributed by atoms with Gasteiger partial charge in [0.2, 0.25) is 0 Å². The van der Waals surface area contributed by atoms with Gasteiger partial charge in [0.1, 0.15) is 5.76 Å². The Bertz CT molecular complexity index is 963. The molecule has 0 spiro atoms. The number of hydrogen-bond donors (Lipinski definition) is 1. The number of hydrogen-bond acceptors (Lipinski definition) is 5. The third kappa shape index (κ3) is 3.77. The molecule has 1 N–H and O–H groups in total. The number of Topliss-reactive ketones (excluding diaryl/α,β-unsaturated/α-hetero) is 1. The maximum atomic E-state index is 12.7. The van der Waals surface area contributed by atoms with Crippen molar-refractivity contribution in [1.29, 1.82) is 0 Å². The molecule has 1 fully saturated rings. The van der Waals surface area contributed by atoms with Gasteiger partial charge in [-0.05, 0) is 24.6 Å². The number of ketones is 1. The van der Waals surface area contributed by atoms with Crippen LogP contribution in [0, 0.1) is 6.92 Å². The zero-order chi connectivity index (χ0) is 20.4. The van der Waals surface area contributed by atoms with Gasteiger partial charge in [-0.15, -0.1) is 0 Å². The molecule has 1 aliphatic heterocycles. The maximum absolute atomic E-state index is 12.7. The normalized spacial score (nSPS) is 18.5. The highest BCUT2D eigenvalue weighted by atomic mass is 35.5. The fourth-order valence-electron chi connectivity index (χ4n) is 3.18. The molecule has 3 rings (SSSR count). The summed E-state index contributed by atoms with van der Waals surface area (Å²) >= 11 is 5.93. The molecule has 1 amide bonds. The minimum atomic E-state index is -1.34. The van der Waals surface area contributed by atoms with Gasteiger partial charge in [0.05, 0.1) is 11.6 Å². The lowest BCUT2D eigenvalue weighted by atomic mass is 9.95. The monoisotopic (exact) mass is 398 g/mol. The van der Waals surface area contributed by atoms with Crippen LogP contribution in [-0.4, -0.2) is 34.2 Å². The van der Waals surface area contributed by atoms with E-state index in [-0.39, 0.29) is 17.9 Å². The van der Waals surface area contributed by atoms with Crippen molar-refractivity contribution in [3.63, 3.8) is 0 Å². The van der Waals surface area contributed by atoms with Crippen molar-refractivity contribution in [2.75, 3.05) is 6.54 Å². The lowest BCUT2D eigenvalue weighted by Crippen LogP contribution is -2.34. The first-order valence-electron chi connectivity index (χ1n) is 8.60. The summed E-state index contributed by atoms with van der Waals surface area (Å²) in [5.74, 6) is -3.38. The fourth-order valence-corrected chi connectivity index (χ4v) is 3.31. The molecule has 144 valence electrons. The van der Waals surface area contributed by atoms with E-state index in [1.165, 1.54) is 0 Å². The molecule has 0 aliphatic carbocycles. The molecule has 28 heavy (non-hydrogen) atoms. The van der Waals surface area contributed by atoms with Crippen LogP contribution in [0.25, 0.3) is 5.76 Å². The Kier molecular flexibility index (Phi) is 5.51. The summed E-state index contributed by atoms with van der Waals surface area (Å²) in [5.41, 5.74) is 1.81. The lowest BCUT2D eigenvalue weighted by Gasteiger charge is -2.25. The average molecular weight is 399 g/mol. The number of aryl methyl sites for hydroxylation is 1. The van der Waals surface area contributed by atoms with Crippen LogP contribution in [0.5, 0.6) is 0 Å². The van der Waals surface area contributed by atoms with Crippen molar-refractivity contribution in [2.24, 2.45) is 0 Å². The SMILES string of the molecule is Cc1ccc(C(O)=C2C(=O)C(=O)N(CCC(=O)[O-])[C@H]2c2ccc(Cl)cc2)cc1. The highest BCUT2D eigenvalue weighted by molar-refractivity contribution is 6.46. The van der Waals surface area contributed by atoms with E-state index in [1.54, 1.807) is 48.5 Å². The van der Waals surface area contributed by atoms with Gasteiger partial charge in [0.25, 0.3) is 11.7 Å². The van der Waals surface area contributed by atoms with Crippen LogP contribution in [0.4, 0.5) is 0 Å². The Morgan fingerprint density at radius 2 is 1.71 bits per heavy atom. The zero-order valence-corrected chi connectivity index (χ0v) is 15.8. The molecule has 0 radical (unpaired) electrons. The van der Waals surface area contributed by atoms with Gasteiger partial charge >= 0.3 is 0 Å². The van der Waals surface area contributed by atoms with Crippen molar-refractivity contribution in [3.8, 4) is 0 Å². The minimum Gasteiger partial charge on any atom is -0.550 e. The van der Waals surface area contributed by atoms with Gasteiger partial charge < -0.3 is 19.9 Å². The molecule has 6 nitrogen and oxygen atoms in total. The first kappa shape index (κ1) is 19.6. The van der Waals surface area contributed by atoms with Gasteiger partial charge in [-0.2, -0.15) is 0 Å². The van der Waals surface area contributed by atoms with Gasteiger partial charge in [0, 0.05) is 29.5 Å². The maximum Gasteiger partial charge on any atom is 0.295 e. The number of rotatable bonds is 5. The molecule has 1 aliphatic rings. The lowest BCUT2D eigenvalue weighted by molar-refractivity contribution is -0.305. The predicted octanol–water partition coefficient (Wildman–Crippen LogP) is 2.21. The van der Waals surface area contributed by atoms with Gasteiger partial charge in [-0.3, -0.25) is 9.59 Å². The second kappa shape index (κ2) is 7.86. The number of benzene rings is 2. The third-order valence-electron chi connectivity index (χ3n) is 4.61. The Labute approximate surface area is 166 Å². The van der Waals surface area contributed by atoms with E-state index in [1.807, 2.05) is 6.92 Å². The molecule has 1 saturated heterocycles. The van der Waals surface area contributed by atoms with Crippen LogP contribution < -0.4 is 5.11 Å². The Balaban J connectivity index is 2.14. The van der Waals surface area contributed by atoms with Gasteiger partial charge in [0.15, 0.2) is 0 Å². The second-order valence-corrected chi connectivity index (χ2v) is 6.97. The topological polar surface area (TPSA) is 97.7 Å². The smallest absolute Gasteiger partial charge is 0.295 e. The molecule has 7 heteroatoms. The van der Waals surface area contributed by atoms with Crippen LogP contribution in [0.15, 0.2) is 54.1 Å². The largest absolute Gasteiger partial charge is 0.550 e. The highest BCUT2D eigenvalue weighted by Crippen LogP contribution is 2.39. The van der Waals surface area contributed by atoms with Crippen molar-refractivity contribution in [1.82, 2.24) is 4.90 Å². The van der Waals surface area contributed by atoms with E-state index >= 15 is 0 Å². The van der Waals surface area contributed by atoms with Gasteiger partial charge in [-0.1, -0.05) is 53.6 Å². The van der Waals surface area contributed by atoms with Crippen LogP contribution in [0.2, 0.25) is 5.02 Å². The molecule has 0 bridgehead atoms. The zero-order valence-electron chi connectivity index (χ0n) is 15.0. The summed E-state index contributed by atoms with van der Waals surface area (Å²) in [6.45, 7) is 1.67. The number of aliphatic hydroxyl groups is 1. The standard InChI is InChI=1S/C21H18ClNO5/c1-12-2-4-14(5-3-12)19(26)17-18(13-6-8-15(22)9-7-13)23(11-10-16(24)25)21(28)20(17)27/h2-9,18,26H,10-11H2,1H3,(H,24,25)/p-1/t18-/m0/s1. The Morgan fingerprint density at radius 1 is 1.11 bits per heavy atom. The van der Waals surface area contributed by atoms with E-state index in [0.717, 1.165) is 10.5 Å². The quantitative estimate of drug-likeness (QED) is 0.473. The van der Waals surface area contributed by atoms with Crippen LogP contribution in [0.3, 0.4) is 0 Å². The van der Waals surface area contributed by atoms with Gasteiger partial charge in [-0.25, -0.2) is 0 Å². The molecular weight excluding hydrogens is 382 g/mol. The number of aliphatic hydroxyl groups excluding tert-OH is 1. The summed E-state index contributed by atoms with van der Waals surface area (Å²) < 4.78 is 0.